The van der Waals surface area contributed by atoms with Crippen molar-refractivity contribution < 1.29 is 9.21 Å². The van der Waals surface area contributed by atoms with Crippen molar-refractivity contribution in [3.05, 3.63) is 53.0 Å². The molecule has 0 spiro atoms. The van der Waals surface area contributed by atoms with Crippen molar-refractivity contribution in [1.82, 2.24) is 14.8 Å². The number of halogens is 1. The van der Waals surface area contributed by atoms with Crippen LogP contribution in [0.3, 0.4) is 0 Å². The summed E-state index contributed by atoms with van der Waals surface area (Å²) in [5.74, 6) is 1.47. The zero-order valence-electron chi connectivity index (χ0n) is 16.4. The number of hydrogen-bond acceptors (Lipinski definition) is 6. The number of benzene rings is 2. The van der Waals surface area contributed by atoms with E-state index in [1.54, 1.807) is 11.8 Å². The number of hydrogen-bond donors (Lipinski definition) is 1. The van der Waals surface area contributed by atoms with E-state index in [1.165, 1.54) is 11.8 Å². The van der Waals surface area contributed by atoms with Crippen LogP contribution in [-0.2, 0) is 11.3 Å². The largest absolute Gasteiger partial charge is 0.453 e. The van der Waals surface area contributed by atoms with Crippen LogP contribution in [0, 0.1) is 0 Å². The molecule has 0 fully saturated rings. The van der Waals surface area contributed by atoms with Gasteiger partial charge in [0.15, 0.2) is 10.9 Å². The second-order valence-electron chi connectivity index (χ2n) is 6.41. The summed E-state index contributed by atoms with van der Waals surface area (Å²) in [5.41, 5.74) is 1.58. The average Bonchev–Trinajstić information content (AvgIpc) is 3.35. The van der Waals surface area contributed by atoms with E-state index in [2.05, 4.69) is 31.4 Å². The first-order valence-corrected chi connectivity index (χ1v) is 12.3. The van der Waals surface area contributed by atoms with Crippen LogP contribution < -0.4 is 5.32 Å². The maximum absolute atomic E-state index is 12.4. The second-order valence-corrected chi connectivity index (χ2v) is 9.15. The molecule has 2 aromatic heterocycles. The van der Waals surface area contributed by atoms with Crippen LogP contribution in [0.4, 0.5) is 5.69 Å². The van der Waals surface area contributed by atoms with E-state index in [-0.39, 0.29) is 11.7 Å². The summed E-state index contributed by atoms with van der Waals surface area (Å²) in [7, 11) is 0. The maximum Gasteiger partial charge on any atom is 0.234 e. The smallest absolute Gasteiger partial charge is 0.234 e. The van der Waals surface area contributed by atoms with Gasteiger partial charge < -0.3 is 9.73 Å². The van der Waals surface area contributed by atoms with Crippen LogP contribution in [0.5, 0.6) is 0 Å². The molecule has 4 rings (SSSR count). The Kier molecular flexibility index (Phi) is 6.50. The molecule has 0 aliphatic heterocycles. The third-order valence-corrected chi connectivity index (χ3v) is 6.60. The summed E-state index contributed by atoms with van der Waals surface area (Å²) in [6, 6.07) is 15.6. The normalized spacial score (nSPS) is 11.2. The van der Waals surface area contributed by atoms with Crippen molar-refractivity contribution in [2.75, 3.05) is 17.3 Å². The lowest BCUT2D eigenvalue weighted by molar-refractivity contribution is -0.113. The first kappa shape index (κ1) is 21.0. The van der Waals surface area contributed by atoms with Gasteiger partial charge in [-0.3, -0.25) is 9.36 Å². The lowest BCUT2D eigenvalue weighted by Crippen LogP contribution is -2.14. The monoisotopic (exact) mass is 502 g/mol. The summed E-state index contributed by atoms with van der Waals surface area (Å²) in [6.45, 7) is 2.69. The van der Waals surface area contributed by atoms with E-state index in [0.717, 1.165) is 26.0 Å². The molecule has 0 unspecified atom stereocenters. The number of thioether (sulfide) groups is 2. The molecule has 2 aromatic carbocycles. The Hall–Kier alpha value is -2.23. The molecule has 30 heavy (non-hydrogen) atoms. The average molecular weight is 503 g/mol. The van der Waals surface area contributed by atoms with Gasteiger partial charge in [0.25, 0.3) is 0 Å². The van der Waals surface area contributed by atoms with E-state index >= 15 is 0 Å². The Labute approximate surface area is 190 Å². The molecule has 0 radical (unpaired) electrons. The lowest BCUT2D eigenvalue weighted by atomic mass is 10.2. The van der Waals surface area contributed by atoms with Gasteiger partial charge >= 0.3 is 0 Å². The molecular weight excluding hydrogens is 484 g/mol. The predicted octanol–water partition coefficient (Wildman–Crippen LogP) is 5.93. The summed E-state index contributed by atoms with van der Waals surface area (Å²) >= 11 is 6.47. The van der Waals surface area contributed by atoms with E-state index in [0.29, 0.717) is 23.3 Å². The van der Waals surface area contributed by atoms with Crippen LogP contribution in [0.25, 0.3) is 22.6 Å². The zero-order valence-corrected chi connectivity index (χ0v) is 19.6. The molecule has 6 nitrogen and oxygen atoms in total. The minimum absolute atomic E-state index is 0.0842. The Balaban J connectivity index is 1.48. The van der Waals surface area contributed by atoms with Crippen LogP contribution in [0.2, 0.25) is 0 Å². The summed E-state index contributed by atoms with van der Waals surface area (Å²) in [6.07, 6.45) is 2.01. The Morgan fingerprint density at radius 3 is 2.87 bits per heavy atom. The summed E-state index contributed by atoms with van der Waals surface area (Å²) in [5, 5.41) is 13.2. The van der Waals surface area contributed by atoms with Crippen LogP contribution >= 0.6 is 39.5 Å². The number of anilines is 1. The van der Waals surface area contributed by atoms with E-state index in [9.17, 15) is 4.79 Å². The Morgan fingerprint density at radius 2 is 2.07 bits per heavy atom. The SMILES string of the molecule is CCn1c(SCC(=O)Nc2cccc(SC)c2)nnc1-c1cc2cc(Br)ccc2o1. The number of carbonyl (C=O) groups is 1. The first-order chi connectivity index (χ1) is 14.6. The van der Waals surface area contributed by atoms with Crippen molar-refractivity contribution in [3.63, 3.8) is 0 Å². The molecule has 1 N–H and O–H groups in total. The standard InChI is InChI=1S/C21H19BrN4O2S2/c1-3-26-20(18-10-13-9-14(22)7-8-17(13)28-18)24-25-21(26)30-12-19(27)23-15-5-4-6-16(11-15)29-2/h4-11H,3,12H2,1-2H3,(H,23,27). The van der Waals surface area contributed by atoms with Crippen molar-refractivity contribution in [3.8, 4) is 11.6 Å². The minimum Gasteiger partial charge on any atom is -0.453 e. The van der Waals surface area contributed by atoms with Crippen LogP contribution in [0.1, 0.15) is 6.92 Å². The minimum atomic E-state index is -0.0842. The molecule has 0 saturated carbocycles. The van der Waals surface area contributed by atoms with E-state index in [4.69, 9.17) is 4.42 Å². The molecule has 0 bridgehead atoms. The molecule has 0 aliphatic rings. The van der Waals surface area contributed by atoms with Gasteiger partial charge in [-0.1, -0.05) is 33.8 Å². The van der Waals surface area contributed by atoms with Crippen LogP contribution in [-0.4, -0.2) is 32.7 Å². The second kappa shape index (κ2) is 9.28. The van der Waals surface area contributed by atoms with Gasteiger partial charge in [-0.15, -0.1) is 22.0 Å². The molecule has 1 amide bonds. The van der Waals surface area contributed by atoms with Gasteiger partial charge in [0.1, 0.15) is 5.58 Å². The van der Waals surface area contributed by atoms with Gasteiger partial charge in [0, 0.05) is 27.0 Å². The highest BCUT2D eigenvalue weighted by Crippen LogP contribution is 2.30. The number of carbonyl (C=O) groups excluding carboxylic acids is 1. The number of fused-ring (bicyclic) bond motifs is 1. The fourth-order valence-corrected chi connectivity index (χ4v) is 4.66. The van der Waals surface area contributed by atoms with Crippen LogP contribution in [0.15, 0.2) is 67.5 Å². The summed E-state index contributed by atoms with van der Waals surface area (Å²) < 4.78 is 8.90. The number of aromatic nitrogens is 3. The van der Waals surface area contributed by atoms with Crippen molar-refractivity contribution in [1.29, 1.82) is 0 Å². The van der Waals surface area contributed by atoms with E-state index < -0.39 is 0 Å². The van der Waals surface area contributed by atoms with E-state index in [1.807, 2.05) is 66.3 Å². The third-order valence-electron chi connectivity index (χ3n) is 4.42. The zero-order chi connectivity index (χ0) is 21.1. The van der Waals surface area contributed by atoms with Gasteiger partial charge in [0.05, 0.1) is 5.75 Å². The topological polar surface area (TPSA) is 73.0 Å². The number of furan rings is 1. The molecule has 0 aliphatic carbocycles. The highest BCUT2D eigenvalue weighted by atomic mass is 79.9. The molecule has 0 atom stereocenters. The number of rotatable bonds is 7. The van der Waals surface area contributed by atoms with Gasteiger partial charge in [-0.25, -0.2) is 0 Å². The molecule has 9 heteroatoms. The predicted molar refractivity (Wildman–Crippen MR) is 126 cm³/mol. The molecule has 2 heterocycles. The van der Waals surface area contributed by atoms with Gasteiger partial charge in [-0.2, -0.15) is 0 Å². The lowest BCUT2D eigenvalue weighted by Gasteiger charge is -2.07. The third kappa shape index (κ3) is 4.58. The molecule has 0 saturated heterocycles. The fraction of sp³-hybridized carbons (Fsp3) is 0.190. The van der Waals surface area contributed by atoms with Gasteiger partial charge in [-0.05, 0) is 55.6 Å². The van der Waals surface area contributed by atoms with Crippen molar-refractivity contribution in [2.45, 2.75) is 23.5 Å². The van der Waals surface area contributed by atoms with Gasteiger partial charge in [0.2, 0.25) is 11.7 Å². The Bertz CT molecular complexity index is 1200. The molecular formula is C21H19BrN4O2S2. The maximum atomic E-state index is 12.4. The highest BCUT2D eigenvalue weighted by molar-refractivity contribution is 9.10. The molecule has 4 aromatic rings. The first-order valence-electron chi connectivity index (χ1n) is 9.26. The van der Waals surface area contributed by atoms with Crippen molar-refractivity contribution in [2.24, 2.45) is 0 Å². The fourth-order valence-electron chi connectivity index (χ4n) is 3.02. The number of amides is 1. The quantitative estimate of drug-likeness (QED) is 0.316. The molecule has 154 valence electrons. The number of nitrogens with zero attached hydrogens (tertiary/aromatic N) is 3. The summed E-state index contributed by atoms with van der Waals surface area (Å²) in [4.78, 5) is 13.5. The van der Waals surface area contributed by atoms with Crippen molar-refractivity contribution >= 4 is 62.0 Å². The Morgan fingerprint density at radius 1 is 1.20 bits per heavy atom. The number of nitrogens with one attached hydrogen (secondary N) is 1. The highest BCUT2D eigenvalue weighted by Gasteiger charge is 2.18.